The summed E-state index contributed by atoms with van der Waals surface area (Å²) in [6.45, 7) is 4.19. The van der Waals surface area contributed by atoms with Gasteiger partial charge in [-0.25, -0.2) is 0 Å². The van der Waals surface area contributed by atoms with Crippen LogP contribution in [0.25, 0.3) is 17.5 Å². The van der Waals surface area contributed by atoms with E-state index in [0.717, 1.165) is 16.8 Å². The topological polar surface area (TPSA) is 95.6 Å². The number of benzene rings is 1. The maximum atomic E-state index is 12.6. The van der Waals surface area contributed by atoms with Crippen molar-refractivity contribution >= 4 is 25.3 Å². The Kier molecular flexibility index (Phi) is 7.63. The van der Waals surface area contributed by atoms with Crippen molar-refractivity contribution in [2.45, 2.75) is 20.0 Å². The summed E-state index contributed by atoms with van der Waals surface area (Å²) in [6, 6.07) is 10.7. The second-order valence-electron chi connectivity index (χ2n) is 6.67. The monoisotopic (exact) mass is 443 g/mol. The van der Waals surface area contributed by atoms with Crippen LogP contribution in [0.4, 0.5) is 5.69 Å². The molecule has 1 aromatic carbocycles. The fourth-order valence-electron chi connectivity index (χ4n) is 3.08. The van der Waals surface area contributed by atoms with Crippen LogP contribution in [-0.4, -0.2) is 28.9 Å². The van der Waals surface area contributed by atoms with Crippen molar-refractivity contribution in [2.75, 3.05) is 18.5 Å². The zero-order valence-corrected chi connectivity index (χ0v) is 18.7. The lowest BCUT2D eigenvalue weighted by Crippen LogP contribution is -2.07. The predicted molar refractivity (Wildman–Crippen MR) is 120 cm³/mol. The van der Waals surface area contributed by atoms with E-state index < -0.39 is 7.60 Å². The molecule has 0 spiro atoms. The smallest absolute Gasteiger partial charge is 0.335 e. The van der Waals surface area contributed by atoms with Crippen LogP contribution in [0.3, 0.4) is 0 Å². The quantitative estimate of drug-likeness (QED) is 0.346. The first kappa shape index (κ1) is 22.7. The second-order valence-corrected chi connectivity index (χ2v) is 8.73. The summed E-state index contributed by atoms with van der Waals surface area (Å²) < 4.78 is 30.4. The molecule has 3 rings (SSSR count). The van der Waals surface area contributed by atoms with Gasteiger partial charge in [-0.15, -0.1) is 0 Å². The van der Waals surface area contributed by atoms with Crippen molar-refractivity contribution in [3.63, 3.8) is 0 Å². The lowest BCUT2D eigenvalue weighted by Gasteiger charge is -2.17. The van der Waals surface area contributed by atoms with Crippen molar-refractivity contribution in [3.8, 4) is 11.5 Å². The predicted octanol–water partition coefficient (Wildman–Crippen LogP) is 5.10. The van der Waals surface area contributed by atoms with Gasteiger partial charge in [0.25, 0.3) is 0 Å². The highest BCUT2D eigenvalue weighted by Gasteiger charge is 2.23. The molecule has 3 aromatic rings. The Hall–Kier alpha value is -2.93. The van der Waals surface area contributed by atoms with Crippen LogP contribution in [0.2, 0.25) is 0 Å². The van der Waals surface area contributed by atoms with Gasteiger partial charge in [-0.05, 0) is 49.8 Å². The standard InChI is InChI=1S/C22H26N3O5P/c1-4-29-31(27,30-5-2)16-17-8-11-19(12-9-17)24-21(26)13-10-18-15-23-25(3)22(18)20-7-6-14-28-20/h6-15H,4-5,16H2,1-3H3,(H,24,26)/b13-10+. The van der Waals surface area contributed by atoms with E-state index in [0.29, 0.717) is 24.7 Å². The minimum absolute atomic E-state index is 0.180. The molecule has 0 aliphatic heterocycles. The lowest BCUT2D eigenvalue weighted by molar-refractivity contribution is -0.111. The zero-order chi connectivity index (χ0) is 22.3. The molecule has 0 unspecified atom stereocenters. The van der Waals surface area contributed by atoms with E-state index in [1.165, 1.54) is 6.08 Å². The van der Waals surface area contributed by atoms with Crippen LogP contribution in [0.5, 0.6) is 0 Å². The summed E-state index contributed by atoms with van der Waals surface area (Å²) in [7, 11) is -1.35. The summed E-state index contributed by atoms with van der Waals surface area (Å²) in [5.41, 5.74) is 2.98. The van der Waals surface area contributed by atoms with Crippen LogP contribution in [-0.2, 0) is 31.6 Å². The Balaban J connectivity index is 1.64. The largest absolute Gasteiger partial charge is 0.463 e. The van der Waals surface area contributed by atoms with Crippen LogP contribution < -0.4 is 5.32 Å². The molecule has 0 aliphatic carbocycles. The van der Waals surface area contributed by atoms with E-state index in [9.17, 15) is 9.36 Å². The molecule has 0 fully saturated rings. The highest BCUT2D eigenvalue weighted by atomic mass is 31.2. The molecule has 0 radical (unpaired) electrons. The van der Waals surface area contributed by atoms with Crippen LogP contribution in [0.15, 0.2) is 59.4 Å². The number of furan rings is 1. The van der Waals surface area contributed by atoms with Crippen molar-refractivity contribution in [2.24, 2.45) is 7.05 Å². The van der Waals surface area contributed by atoms with Gasteiger partial charge in [0.2, 0.25) is 5.91 Å². The molecule has 0 saturated carbocycles. The third-order valence-electron chi connectivity index (χ3n) is 4.39. The van der Waals surface area contributed by atoms with Crippen LogP contribution in [0.1, 0.15) is 25.0 Å². The first-order valence-corrected chi connectivity index (χ1v) is 11.7. The summed E-state index contributed by atoms with van der Waals surface area (Å²) in [5.74, 6) is 0.392. The van der Waals surface area contributed by atoms with Crippen molar-refractivity contribution in [3.05, 3.63) is 66.1 Å². The number of carbonyl (C=O) groups excluding carboxylic acids is 1. The van der Waals surface area contributed by atoms with Gasteiger partial charge in [-0.1, -0.05) is 12.1 Å². The summed E-state index contributed by atoms with van der Waals surface area (Å²) >= 11 is 0. The number of hydrogen-bond donors (Lipinski definition) is 1. The molecule has 0 aliphatic rings. The van der Waals surface area contributed by atoms with E-state index in [2.05, 4.69) is 10.4 Å². The number of nitrogens with one attached hydrogen (secondary N) is 1. The zero-order valence-electron chi connectivity index (χ0n) is 17.8. The number of aromatic nitrogens is 2. The maximum Gasteiger partial charge on any atom is 0.335 e. The molecule has 0 saturated heterocycles. The Morgan fingerprint density at radius 1 is 1.19 bits per heavy atom. The SMILES string of the molecule is CCOP(=O)(Cc1ccc(NC(=O)/C=C/c2cnn(C)c2-c2ccco2)cc1)OCC. The Labute approximate surface area is 181 Å². The molecule has 164 valence electrons. The van der Waals surface area contributed by atoms with Gasteiger partial charge in [-0.3, -0.25) is 14.0 Å². The van der Waals surface area contributed by atoms with Gasteiger partial charge in [0.15, 0.2) is 5.76 Å². The highest BCUT2D eigenvalue weighted by molar-refractivity contribution is 7.53. The van der Waals surface area contributed by atoms with Gasteiger partial charge < -0.3 is 18.8 Å². The normalized spacial score (nSPS) is 11.8. The van der Waals surface area contributed by atoms with Gasteiger partial charge in [0, 0.05) is 24.4 Å². The molecule has 2 aromatic heterocycles. The Morgan fingerprint density at radius 2 is 1.90 bits per heavy atom. The Morgan fingerprint density at radius 3 is 2.52 bits per heavy atom. The van der Waals surface area contributed by atoms with Gasteiger partial charge in [0.1, 0.15) is 5.69 Å². The summed E-state index contributed by atoms with van der Waals surface area (Å²) in [5, 5.41) is 7.04. The third kappa shape index (κ3) is 6.04. The number of nitrogens with zero attached hydrogens (tertiary/aromatic N) is 2. The fraction of sp³-hybridized carbons (Fsp3) is 0.273. The highest BCUT2D eigenvalue weighted by Crippen LogP contribution is 2.51. The van der Waals surface area contributed by atoms with E-state index in [1.54, 1.807) is 67.4 Å². The van der Waals surface area contributed by atoms with E-state index in [-0.39, 0.29) is 12.1 Å². The number of anilines is 1. The number of aryl methyl sites for hydroxylation is 1. The van der Waals surface area contributed by atoms with E-state index in [1.807, 2.05) is 13.1 Å². The van der Waals surface area contributed by atoms with Crippen molar-refractivity contribution < 1.29 is 22.8 Å². The van der Waals surface area contributed by atoms with Gasteiger partial charge >= 0.3 is 7.60 Å². The van der Waals surface area contributed by atoms with E-state index >= 15 is 0 Å². The average Bonchev–Trinajstić information content (AvgIpc) is 3.37. The first-order valence-electron chi connectivity index (χ1n) is 9.96. The fourth-order valence-corrected chi connectivity index (χ4v) is 4.78. The molecule has 8 nitrogen and oxygen atoms in total. The van der Waals surface area contributed by atoms with E-state index in [4.69, 9.17) is 13.5 Å². The third-order valence-corrected chi connectivity index (χ3v) is 6.44. The van der Waals surface area contributed by atoms with Crippen molar-refractivity contribution in [1.82, 2.24) is 9.78 Å². The number of hydrogen-bond acceptors (Lipinski definition) is 6. The number of carbonyl (C=O) groups is 1. The molecule has 1 N–H and O–H groups in total. The molecular weight excluding hydrogens is 417 g/mol. The molecule has 0 bridgehead atoms. The molecular formula is C22H26N3O5P. The molecule has 31 heavy (non-hydrogen) atoms. The molecule has 0 atom stereocenters. The van der Waals surface area contributed by atoms with Crippen LogP contribution in [0, 0.1) is 0 Å². The van der Waals surface area contributed by atoms with Crippen LogP contribution >= 0.6 is 7.60 Å². The molecule has 2 heterocycles. The maximum absolute atomic E-state index is 12.6. The minimum Gasteiger partial charge on any atom is -0.463 e. The minimum atomic E-state index is -3.17. The number of rotatable bonds is 10. The summed E-state index contributed by atoms with van der Waals surface area (Å²) in [6.07, 6.45) is 6.57. The lowest BCUT2D eigenvalue weighted by atomic mass is 10.2. The number of amides is 1. The second kappa shape index (κ2) is 10.4. The Bertz CT molecular complexity index is 1060. The molecule has 1 amide bonds. The molecule has 9 heteroatoms. The summed E-state index contributed by atoms with van der Waals surface area (Å²) in [4.78, 5) is 12.3. The van der Waals surface area contributed by atoms with Crippen molar-refractivity contribution in [1.29, 1.82) is 0 Å². The first-order chi connectivity index (χ1) is 14.9. The van der Waals surface area contributed by atoms with Gasteiger partial charge in [0.05, 0.1) is 31.8 Å². The van der Waals surface area contributed by atoms with Gasteiger partial charge in [-0.2, -0.15) is 5.10 Å². The average molecular weight is 443 g/mol.